The van der Waals surface area contributed by atoms with E-state index in [0.29, 0.717) is 17.8 Å². The number of nitrogen functional groups attached to an aromatic ring is 1. The first-order valence-electron chi connectivity index (χ1n) is 11.3. The molecule has 0 aliphatic carbocycles. The standard InChI is InChI=1S/C25H24F6N6/c26-24(27,28)17-11-16(12-18(14-17)25(29,30)31)15-1-6-21(32)22(13-15)36-23(33)35-19-2-4-20(5-3-19)37-9-7-34-8-10-37/h1-6,11-14,34H,7-10,32H2,(H3,33,35,36). The normalized spacial score (nSPS) is 15.1. The number of halogens is 6. The molecule has 6 N–H and O–H groups in total. The second-order valence-corrected chi connectivity index (χ2v) is 8.47. The lowest BCUT2D eigenvalue weighted by atomic mass is 9.98. The van der Waals surface area contributed by atoms with Crippen molar-refractivity contribution in [2.45, 2.75) is 12.4 Å². The molecule has 4 rings (SSSR count). The molecule has 0 unspecified atom stereocenters. The van der Waals surface area contributed by atoms with E-state index in [9.17, 15) is 26.3 Å². The maximum atomic E-state index is 13.3. The summed E-state index contributed by atoms with van der Waals surface area (Å²) in [4.78, 5) is 6.43. The Bertz CT molecular complexity index is 1250. The highest BCUT2D eigenvalue weighted by molar-refractivity contribution is 5.95. The van der Waals surface area contributed by atoms with E-state index in [1.165, 1.54) is 18.2 Å². The van der Waals surface area contributed by atoms with Gasteiger partial charge in [-0.05, 0) is 65.7 Å². The summed E-state index contributed by atoms with van der Waals surface area (Å²) in [7, 11) is 0. The van der Waals surface area contributed by atoms with Crippen molar-refractivity contribution in [1.82, 2.24) is 5.32 Å². The third-order valence-corrected chi connectivity index (χ3v) is 5.81. The van der Waals surface area contributed by atoms with Crippen molar-refractivity contribution in [3.05, 3.63) is 71.8 Å². The van der Waals surface area contributed by atoms with Crippen molar-refractivity contribution in [2.75, 3.05) is 42.1 Å². The average molecular weight is 522 g/mol. The number of anilines is 3. The molecule has 3 aromatic rings. The monoisotopic (exact) mass is 522 g/mol. The number of piperazine rings is 1. The van der Waals surface area contributed by atoms with Crippen LogP contribution in [-0.2, 0) is 12.4 Å². The predicted molar refractivity (Wildman–Crippen MR) is 133 cm³/mol. The van der Waals surface area contributed by atoms with Crippen LogP contribution in [-0.4, -0.2) is 32.1 Å². The summed E-state index contributed by atoms with van der Waals surface area (Å²) in [6, 6.07) is 12.8. The van der Waals surface area contributed by atoms with E-state index >= 15 is 0 Å². The molecule has 1 heterocycles. The molecule has 0 atom stereocenters. The van der Waals surface area contributed by atoms with Crippen molar-refractivity contribution in [3.8, 4) is 11.1 Å². The van der Waals surface area contributed by atoms with E-state index < -0.39 is 23.5 Å². The molecule has 0 saturated carbocycles. The molecule has 1 fully saturated rings. The molecule has 1 aliphatic heterocycles. The van der Waals surface area contributed by atoms with Crippen LogP contribution < -0.4 is 27.0 Å². The van der Waals surface area contributed by atoms with Crippen molar-refractivity contribution in [1.29, 1.82) is 0 Å². The third-order valence-electron chi connectivity index (χ3n) is 5.81. The first-order chi connectivity index (χ1) is 17.4. The number of guanidine groups is 1. The Balaban J connectivity index is 1.59. The highest BCUT2D eigenvalue weighted by Gasteiger charge is 2.37. The van der Waals surface area contributed by atoms with E-state index in [1.807, 2.05) is 24.3 Å². The minimum Gasteiger partial charge on any atom is -0.397 e. The maximum absolute atomic E-state index is 13.3. The summed E-state index contributed by atoms with van der Waals surface area (Å²) in [6.07, 6.45) is -9.92. The van der Waals surface area contributed by atoms with Crippen LogP contribution in [0.25, 0.3) is 11.1 Å². The number of nitrogens with zero attached hydrogens (tertiary/aromatic N) is 2. The second kappa shape index (κ2) is 10.2. The number of hydrogen-bond acceptors (Lipinski definition) is 4. The van der Waals surface area contributed by atoms with E-state index in [-0.39, 0.29) is 34.5 Å². The largest absolute Gasteiger partial charge is 0.416 e. The molecule has 0 aromatic heterocycles. The van der Waals surface area contributed by atoms with Gasteiger partial charge in [0, 0.05) is 37.6 Å². The summed E-state index contributed by atoms with van der Waals surface area (Å²) >= 11 is 0. The van der Waals surface area contributed by atoms with Gasteiger partial charge in [-0.3, -0.25) is 0 Å². The summed E-state index contributed by atoms with van der Waals surface area (Å²) in [5, 5.41) is 6.19. The fourth-order valence-electron chi connectivity index (χ4n) is 3.93. The van der Waals surface area contributed by atoms with Crippen LogP contribution in [0.15, 0.2) is 65.7 Å². The van der Waals surface area contributed by atoms with E-state index in [4.69, 9.17) is 11.5 Å². The van der Waals surface area contributed by atoms with Crippen LogP contribution in [0.5, 0.6) is 0 Å². The Morgan fingerprint density at radius 2 is 1.41 bits per heavy atom. The van der Waals surface area contributed by atoms with E-state index in [1.54, 1.807) is 0 Å². The van der Waals surface area contributed by atoms with Crippen LogP contribution in [0.2, 0.25) is 0 Å². The lowest BCUT2D eigenvalue weighted by Crippen LogP contribution is -2.43. The van der Waals surface area contributed by atoms with Crippen molar-refractivity contribution in [3.63, 3.8) is 0 Å². The first-order valence-corrected chi connectivity index (χ1v) is 11.3. The number of alkyl halides is 6. The van der Waals surface area contributed by atoms with Gasteiger partial charge in [-0.1, -0.05) is 6.07 Å². The summed E-state index contributed by atoms with van der Waals surface area (Å²) in [5.41, 5.74) is 10.8. The fraction of sp³-hybridized carbons (Fsp3) is 0.240. The average Bonchev–Trinajstić information content (AvgIpc) is 2.85. The Hall–Kier alpha value is -3.93. The molecule has 3 aromatic carbocycles. The molecule has 37 heavy (non-hydrogen) atoms. The van der Waals surface area contributed by atoms with Crippen LogP contribution in [0.1, 0.15) is 11.1 Å². The Kier molecular flexibility index (Phi) is 7.21. The molecule has 0 radical (unpaired) electrons. The number of aliphatic imine (C=N–C) groups is 1. The van der Waals surface area contributed by atoms with Gasteiger partial charge in [0.15, 0.2) is 5.96 Å². The number of benzene rings is 3. The molecule has 0 spiro atoms. The van der Waals surface area contributed by atoms with Gasteiger partial charge in [0.05, 0.1) is 22.5 Å². The highest BCUT2D eigenvalue weighted by Crippen LogP contribution is 2.39. The third kappa shape index (κ3) is 6.45. The molecule has 1 saturated heterocycles. The van der Waals surface area contributed by atoms with Crippen LogP contribution in [0.4, 0.5) is 49.1 Å². The first kappa shape index (κ1) is 26.1. The molecular formula is C25H24F6N6. The van der Waals surface area contributed by atoms with Gasteiger partial charge in [-0.15, -0.1) is 0 Å². The van der Waals surface area contributed by atoms with Crippen molar-refractivity contribution >= 4 is 28.7 Å². The van der Waals surface area contributed by atoms with Gasteiger partial charge in [-0.2, -0.15) is 26.3 Å². The number of rotatable bonds is 4. The fourth-order valence-corrected chi connectivity index (χ4v) is 3.93. The van der Waals surface area contributed by atoms with Gasteiger partial charge in [0.1, 0.15) is 0 Å². The number of hydrogen-bond donors (Lipinski definition) is 4. The van der Waals surface area contributed by atoms with Gasteiger partial charge in [-0.25, -0.2) is 4.99 Å². The summed E-state index contributed by atoms with van der Waals surface area (Å²) in [5.74, 6) is -0.0567. The zero-order valence-electron chi connectivity index (χ0n) is 19.4. The van der Waals surface area contributed by atoms with E-state index in [0.717, 1.165) is 31.9 Å². The molecule has 0 bridgehead atoms. The Morgan fingerprint density at radius 1 is 0.811 bits per heavy atom. The zero-order valence-corrected chi connectivity index (χ0v) is 19.4. The van der Waals surface area contributed by atoms with Crippen LogP contribution in [0, 0.1) is 0 Å². The SMILES string of the molecule is NC(=Nc1cc(-c2cc(C(F)(F)F)cc(C(F)(F)F)c2)ccc1N)Nc1ccc(N2CCNCC2)cc1. The molecule has 196 valence electrons. The topological polar surface area (TPSA) is 91.7 Å². The number of nitrogens with two attached hydrogens (primary N) is 2. The van der Waals surface area contributed by atoms with Crippen LogP contribution >= 0.6 is 0 Å². The van der Waals surface area contributed by atoms with Gasteiger partial charge in [0.2, 0.25) is 0 Å². The molecule has 1 aliphatic rings. The molecule has 6 nitrogen and oxygen atoms in total. The molecule has 12 heteroatoms. The Morgan fingerprint density at radius 3 is 1.97 bits per heavy atom. The van der Waals surface area contributed by atoms with Crippen LogP contribution in [0.3, 0.4) is 0 Å². The minimum atomic E-state index is -4.96. The predicted octanol–water partition coefficient (Wildman–Crippen LogP) is 5.44. The quantitative estimate of drug-likeness (QED) is 0.159. The van der Waals surface area contributed by atoms with E-state index in [2.05, 4.69) is 20.5 Å². The zero-order chi connectivity index (χ0) is 26.8. The van der Waals surface area contributed by atoms with Gasteiger partial charge in [0.25, 0.3) is 0 Å². The Labute approximate surface area is 209 Å². The van der Waals surface area contributed by atoms with Gasteiger partial charge < -0.3 is 27.0 Å². The second-order valence-electron chi connectivity index (χ2n) is 8.47. The molecule has 0 amide bonds. The summed E-state index contributed by atoms with van der Waals surface area (Å²) < 4.78 is 79.6. The van der Waals surface area contributed by atoms with Gasteiger partial charge >= 0.3 is 12.4 Å². The highest BCUT2D eigenvalue weighted by atomic mass is 19.4. The summed E-state index contributed by atoms with van der Waals surface area (Å²) in [6.45, 7) is 3.58. The molecular weight excluding hydrogens is 498 g/mol. The lowest BCUT2D eigenvalue weighted by molar-refractivity contribution is -0.143. The van der Waals surface area contributed by atoms with Crippen molar-refractivity contribution < 1.29 is 26.3 Å². The lowest BCUT2D eigenvalue weighted by Gasteiger charge is -2.29. The number of nitrogens with one attached hydrogen (secondary N) is 2. The maximum Gasteiger partial charge on any atom is 0.416 e. The smallest absolute Gasteiger partial charge is 0.397 e. The minimum absolute atomic E-state index is 0.0567. The van der Waals surface area contributed by atoms with Crippen molar-refractivity contribution in [2.24, 2.45) is 10.7 Å².